The number of oxazole rings is 1. The maximum atomic E-state index is 14.0. The number of piperidine rings is 1. The van der Waals surface area contributed by atoms with E-state index in [4.69, 9.17) is 4.42 Å². The third-order valence-electron chi connectivity index (χ3n) is 5.62. The number of aromatic nitrogens is 1. The Morgan fingerprint density at radius 2 is 1.94 bits per heavy atom. The van der Waals surface area contributed by atoms with Crippen LogP contribution < -0.4 is 5.32 Å². The molecule has 7 nitrogen and oxygen atoms in total. The van der Waals surface area contributed by atoms with Crippen LogP contribution in [0.1, 0.15) is 38.1 Å². The number of likely N-dealkylation sites (tertiary alicyclic amines) is 1. The first-order chi connectivity index (χ1) is 15.1. The summed E-state index contributed by atoms with van der Waals surface area (Å²) in [5.41, 5.74) is 0.346. The van der Waals surface area contributed by atoms with Crippen molar-refractivity contribution in [2.75, 3.05) is 31.9 Å². The Morgan fingerprint density at radius 1 is 1.25 bits per heavy atom. The molecular weight excluding hydrogens is 433 g/mol. The lowest BCUT2D eigenvalue weighted by Gasteiger charge is -2.34. The van der Waals surface area contributed by atoms with Crippen molar-refractivity contribution in [3.8, 4) is 11.5 Å². The predicted molar refractivity (Wildman–Crippen MR) is 121 cm³/mol. The monoisotopic (exact) mass is 465 g/mol. The maximum absolute atomic E-state index is 14.0. The number of nitrogens with zero attached hydrogens (tertiary/aromatic N) is 2. The predicted octanol–water partition coefficient (Wildman–Crippen LogP) is 3.19. The summed E-state index contributed by atoms with van der Waals surface area (Å²) in [5, 5.41) is 2.70. The third kappa shape index (κ3) is 6.87. The topological polar surface area (TPSA) is 92.5 Å². The van der Waals surface area contributed by atoms with Gasteiger partial charge in [0.2, 0.25) is 11.8 Å². The van der Waals surface area contributed by atoms with Gasteiger partial charge in [-0.15, -0.1) is 0 Å². The Labute approximate surface area is 189 Å². The van der Waals surface area contributed by atoms with Crippen LogP contribution >= 0.6 is 0 Å². The van der Waals surface area contributed by atoms with Crippen LogP contribution in [0.4, 0.5) is 4.39 Å². The Bertz CT molecular complexity index is 1030. The van der Waals surface area contributed by atoms with E-state index in [-0.39, 0.29) is 22.9 Å². The zero-order valence-electron chi connectivity index (χ0n) is 18.9. The molecule has 2 atom stereocenters. The van der Waals surface area contributed by atoms with Gasteiger partial charge in [0, 0.05) is 19.6 Å². The van der Waals surface area contributed by atoms with Crippen LogP contribution in [0.15, 0.2) is 28.7 Å². The van der Waals surface area contributed by atoms with Crippen molar-refractivity contribution in [3.63, 3.8) is 0 Å². The van der Waals surface area contributed by atoms with Gasteiger partial charge in [-0.3, -0.25) is 4.79 Å². The summed E-state index contributed by atoms with van der Waals surface area (Å²) < 4.78 is 44.4. The molecule has 9 heteroatoms. The molecule has 0 radical (unpaired) electrons. The molecule has 1 aliphatic rings. The number of carbonyl (C=O) groups excluding carboxylic acids is 1. The minimum absolute atomic E-state index is 0.0246. The lowest BCUT2D eigenvalue weighted by molar-refractivity contribution is -0.118. The van der Waals surface area contributed by atoms with Gasteiger partial charge >= 0.3 is 0 Å². The minimum atomic E-state index is -3.75. The number of halogens is 1. The van der Waals surface area contributed by atoms with Crippen LogP contribution in [0.5, 0.6) is 0 Å². The van der Waals surface area contributed by atoms with E-state index in [9.17, 15) is 17.6 Å². The maximum Gasteiger partial charge on any atom is 0.235 e. The molecule has 0 spiro atoms. The molecule has 1 fully saturated rings. The summed E-state index contributed by atoms with van der Waals surface area (Å²) in [6.45, 7) is 9.55. The molecule has 1 aromatic heterocycles. The standard InChI is InChI=1S/C23H32FN3O4S/c1-16-11-17(2)13-27(12-16)10-6-9-25-22(28)15-32(29,30)14-21-18(3)31-23(26-21)19-7-4-5-8-20(19)24/h4-5,7-8,16-17H,6,9-15H2,1-3H3,(H,25,28)/t16-,17-/m0/s1. The van der Waals surface area contributed by atoms with Gasteiger partial charge < -0.3 is 14.6 Å². The quantitative estimate of drug-likeness (QED) is 0.572. The Balaban J connectivity index is 1.48. The second-order valence-corrected chi connectivity index (χ2v) is 11.0. The molecule has 0 saturated carbocycles. The highest BCUT2D eigenvalue weighted by molar-refractivity contribution is 7.91. The number of benzene rings is 1. The molecule has 176 valence electrons. The van der Waals surface area contributed by atoms with Gasteiger partial charge in [-0.2, -0.15) is 0 Å². The molecule has 32 heavy (non-hydrogen) atoms. The summed E-state index contributed by atoms with van der Waals surface area (Å²) in [4.78, 5) is 18.7. The molecule has 1 saturated heterocycles. The highest BCUT2D eigenvalue weighted by atomic mass is 32.2. The van der Waals surface area contributed by atoms with Crippen molar-refractivity contribution in [1.29, 1.82) is 0 Å². The van der Waals surface area contributed by atoms with Gasteiger partial charge in [0.25, 0.3) is 0 Å². The molecule has 1 amide bonds. The minimum Gasteiger partial charge on any atom is -0.441 e. The van der Waals surface area contributed by atoms with Gasteiger partial charge in [0.1, 0.15) is 17.3 Å². The summed E-state index contributed by atoms with van der Waals surface area (Å²) in [7, 11) is -3.75. The molecule has 0 aliphatic carbocycles. The van der Waals surface area contributed by atoms with E-state index in [1.165, 1.54) is 18.6 Å². The zero-order valence-corrected chi connectivity index (χ0v) is 19.8. The van der Waals surface area contributed by atoms with Gasteiger partial charge in [-0.25, -0.2) is 17.8 Å². The molecule has 2 heterocycles. The first-order valence-electron chi connectivity index (χ1n) is 11.0. The van der Waals surface area contributed by atoms with Gasteiger partial charge in [-0.1, -0.05) is 26.0 Å². The van der Waals surface area contributed by atoms with E-state index in [1.54, 1.807) is 19.1 Å². The fraction of sp³-hybridized carbons (Fsp3) is 0.565. The van der Waals surface area contributed by atoms with E-state index in [0.717, 1.165) is 26.1 Å². The molecule has 1 aliphatic heterocycles. The van der Waals surface area contributed by atoms with Gasteiger partial charge in [-0.05, 0) is 50.3 Å². The SMILES string of the molecule is Cc1oc(-c2ccccc2F)nc1CS(=O)(=O)CC(=O)NCCCN1C[C@@H](C)C[C@H](C)C1. The van der Waals surface area contributed by atoms with Crippen molar-refractivity contribution in [3.05, 3.63) is 41.5 Å². The van der Waals surface area contributed by atoms with Crippen molar-refractivity contribution in [2.45, 2.75) is 39.4 Å². The van der Waals surface area contributed by atoms with Crippen LogP contribution in [-0.2, 0) is 20.4 Å². The first kappa shape index (κ1) is 24.4. The van der Waals surface area contributed by atoms with E-state index < -0.39 is 33.1 Å². The van der Waals surface area contributed by atoms with Gasteiger partial charge in [0.05, 0.1) is 17.0 Å². The molecular formula is C23H32FN3O4S. The summed E-state index contributed by atoms with van der Waals surface area (Å²) in [5.74, 6) is -0.416. The third-order valence-corrected chi connectivity index (χ3v) is 7.04. The number of amides is 1. The fourth-order valence-corrected chi connectivity index (χ4v) is 5.62. The Morgan fingerprint density at radius 3 is 2.62 bits per heavy atom. The normalized spacial score (nSPS) is 19.8. The number of hydrogen-bond donors (Lipinski definition) is 1. The average Bonchev–Trinajstić information content (AvgIpc) is 3.04. The molecule has 2 aromatic rings. The van der Waals surface area contributed by atoms with E-state index >= 15 is 0 Å². The highest BCUT2D eigenvalue weighted by Gasteiger charge is 2.23. The second kappa shape index (κ2) is 10.6. The summed E-state index contributed by atoms with van der Waals surface area (Å²) in [6, 6.07) is 5.98. The van der Waals surface area contributed by atoms with Crippen molar-refractivity contribution in [2.24, 2.45) is 11.8 Å². The highest BCUT2D eigenvalue weighted by Crippen LogP contribution is 2.25. The average molecular weight is 466 g/mol. The zero-order chi connectivity index (χ0) is 23.3. The van der Waals surface area contributed by atoms with Crippen LogP contribution in [-0.4, -0.2) is 56.1 Å². The Hall–Kier alpha value is -2.26. The number of rotatable bonds is 9. The van der Waals surface area contributed by atoms with Crippen LogP contribution in [0.25, 0.3) is 11.5 Å². The number of carbonyl (C=O) groups is 1. The lowest BCUT2D eigenvalue weighted by Crippen LogP contribution is -2.40. The largest absolute Gasteiger partial charge is 0.441 e. The smallest absolute Gasteiger partial charge is 0.235 e. The Kier molecular flexibility index (Phi) is 8.05. The van der Waals surface area contributed by atoms with E-state index in [2.05, 4.69) is 29.0 Å². The number of sulfone groups is 1. The van der Waals surface area contributed by atoms with Crippen molar-refractivity contribution >= 4 is 15.7 Å². The molecule has 3 rings (SSSR count). The number of nitrogens with one attached hydrogen (secondary N) is 1. The molecule has 0 unspecified atom stereocenters. The van der Waals surface area contributed by atoms with Crippen LogP contribution in [0.2, 0.25) is 0 Å². The number of aryl methyl sites for hydroxylation is 1. The van der Waals surface area contributed by atoms with E-state index in [1.807, 2.05) is 0 Å². The number of hydrogen-bond acceptors (Lipinski definition) is 6. The molecule has 1 aromatic carbocycles. The van der Waals surface area contributed by atoms with Gasteiger partial charge in [0.15, 0.2) is 9.84 Å². The fourth-order valence-electron chi connectivity index (χ4n) is 4.33. The first-order valence-corrected chi connectivity index (χ1v) is 12.9. The molecule has 1 N–H and O–H groups in total. The summed E-state index contributed by atoms with van der Waals surface area (Å²) in [6.07, 6.45) is 2.03. The second-order valence-electron chi connectivity index (χ2n) is 8.94. The van der Waals surface area contributed by atoms with E-state index in [0.29, 0.717) is 18.4 Å². The molecule has 0 bridgehead atoms. The van der Waals surface area contributed by atoms with Crippen LogP contribution in [0, 0.1) is 24.6 Å². The summed E-state index contributed by atoms with van der Waals surface area (Å²) >= 11 is 0. The van der Waals surface area contributed by atoms with Crippen LogP contribution in [0.3, 0.4) is 0 Å². The van der Waals surface area contributed by atoms with Crippen molar-refractivity contribution in [1.82, 2.24) is 15.2 Å². The lowest BCUT2D eigenvalue weighted by atomic mass is 9.92. The van der Waals surface area contributed by atoms with Crippen molar-refractivity contribution < 1.29 is 22.0 Å².